The molecule has 0 aliphatic heterocycles. The molecule has 3 heterocycles. The number of carbonyl (C=O) groups excluding carboxylic acids is 1. The summed E-state index contributed by atoms with van der Waals surface area (Å²) in [6, 6.07) is 11.7. The molecule has 0 radical (unpaired) electrons. The van der Waals surface area contributed by atoms with Gasteiger partial charge in [-0.3, -0.25) is 14.3 Å². The van der Waals surface area contributed by atoms with Crippen LogP contribution in [0.5, 0.6) is 0 Å². The quantitative estimate of drug-likeness (QED) is 0.394. The van der Waals surface area contributed by atoms with Crippen molar-refractivity contribution in [3.63, 3.8) is 0 Å². The standard InChI is InChI=1S/C24H24N8O/c1-15-3-6-19(30-23(33)17-5-4-16(2)26-13-17)11-20(15)31-24-25-9-10-32(24)22-12-21(27-14-28-22)29-18-7-8-18/h3-6,9-14,18H,7-8H2,1-2H3,(H,25,31)(H,30,33)(H,27,28,29). The van der Waals surface area contributed by atoms with Crippen molar-refractivity contribution in [3.05, 3.63) is 78.1 Å². The van der Waals surface area contributed by atoms with Crippen molar-refractivity contribution < 1.29 is 4.79 Å². The molecule has 3 aromatic heterocycles. The van der Waals surface area contributed by atoms with Crippen LogP contribution in [0.3, 0.4) is 0 Å². The fraction of sp³-hybridized carbons (Fsp3) is 0.208. The van der Waals surface area contributed by atoms with E-state index in [0.29, 0.717) is 29.1 Å². The van der Waals surface area contributed by atoms with Gasteiger partial charge in [-0.1, -0.05) is 6.07 Å². The molecule has 166 valence electrons. The minimum Gasteiger partial charge on any atom is -0.367 e. The number of nitrogens with one attached hydrogen (secondary N) is 3. The summed E-state index contributed by atoms with van der Waals surface area (Å²) < 4.78 is 1.86. The molecular formula is C24H24N8O. The molecule has 4 aromatic rings. The number of imidazole rings is 1. The summed E-state index contributed by atoms with van der Waals surface area (Å²) in [5.41, 5.74) is 3.88. The Hall–Kier alpha value is -4.27. The lowest BCUT2D eigenvalue weighted by molar-refractivity contribution is 0.102. The summed E-state index contributed by atoms with van der Waals surface area (Å²) in [7, 11) is 0. The van der Waals surface area contributed by atoms with Crippen LogP contribution >= 0.6 is 0 Å². The molecular weight excluding hydrogens is 416 g/mol. The molecule has 1 fully saturated rings. The van der Waals surface area contributed by atoms with E-state index in [9.17, 15) is 4.79 Å². The van der Waals surface area contributed by atoms with Gasteiger partial charge in [0, 0.05) is 47.8 Å². The van der Waals surface area contributed by atoms with Crippen molar-refractivity contribution in [3.8, 4) is 5.82 Å². The van der Waals surface area contributed by atoms with Gasteiger partial charge in [0.1, 0.15) is 18.0 Å². The highest BCUT2D eigenvalue weighted by molar-refractivity contribution is 6.04. The Bertz CT molecular complexity index is 1290. The minimum atomic E-state index is -0.213. The van der Waals surface area contributed by atoms with Gasteiger partial charge >= 0.3 is 0 Å². The first-order chi connectivity index (χ1) is 16.0. The second-order valence-electron chi connectivity index (χ2n) is 8.10. The predicted octanol–water partition coefficient (Wildman–Crippen LogP) is 4.24. The second kappa shape index (κ2) is 8.70. The Kier molecular flexibility index (Phi) is 5.43. The first kappa shape index (κ1) is 20.6. The molecule has 0 saturated heterocycles. The second-order valence-corrected chi connectivity index (χ2v) is 8.10. The van der Waals surface area contributed by atoms with E-state index < -0.39 is 0 Å². The van der Waals surface area contributed by atoms with Gasteiger partial charge in [0.25, 0.3) is 5.91 Å². The number of amides is 1. The van der Waals surface area contributed by atoms with Crippen LogP contribution in [0, 0.1) is 13.8 Å². The van der Waals surface area contributed by atoms with E-state index >= 15 is 0 Å². The molecule has 33 heavy (non-hydrogen) atoms. The van der Waals surface area contributed by atoms with E-state index in [1.54, 1.807) is 24.8 Å². The SMILES string of the molecule is Cc1ccc(C(=O)Nc2ccc(C)c(Nc3nccn3-c3cc(NC4CC4)ncn3)c2)cn1. The summed E-state index contributed by atoms with van der Waals surface area (Å²) in [5, 5.41) is 9.68. The van der Waals surface area contributed by atoms with E-state index in [1.165, 1.54) is 12.8 Å². The smallest absolute Gasteiger partial charge is 0.257 e. The van der Waals surface area contributed by atoms with E-state index in [1.807, 2.05) is 54.9 Å². The third kappa shape index (κ3) is 4.82. The molecule has 0 bridgehead atoms. The normalized spacial score (nSPS) is 12.9. The zero-order chi connectivity index (χ0) is 22.8. The minimum absolute atomic E-state index is 0.213. The number of pyridine rings is 1. The third-order valence-electron chi connectivity index (χ3n) is 5.39. The summed E-state index contributed by atoms with van der Waals surface area (Å²) in [5.74, 6) is 1.91. The number of hydrogen-bond donors (Lipinski definition) is 3. The third-order valence-corrected chi connectivity index (χ3v) is 5.39. The average molecular weight is 441 g/mol. The summed E-state index contributed by atoms with van der Waals surface area (Å²) in [4.78, 5) is 29.9. The largest absolute Gasteiger partial charge is 0.367 e. The number of rotatable bonds is 7. The van der Waals surface area contributed by atoms with Crippen molar-refractivity contribution in [2.24, 2.45) is 0 Å². The molecule has 1 aromatic carbocycles. The zero-order valence-corrected chi connectivity index (χ0v) is 18.4. The van der Waals surface area contributed by atoms with E-state index in [4.69, 9.17) is 0 Å². The topological polar surface area (TPSA) is 110 Å². The van der Waals surface area contributed by atoms with Gasteiger partial charge in [0.05, 0.1) is 5.56 Å². The highest BCUT2D eigenvalue weighted by Crippen LogP contribution is 2.27. The molecule has 9 heteroatoms. The van der Waals surface area contributed by atoms with Crippen LogP contribution in [0.15, 0.2) is 61.3 Å². The fourth-order valence-corrected chi connectivity index (χ4v) is 3.34. The van der Waals surface area contributed by atoms with Gasteiger partial charge in [-0.05, 0) is 56.5 Å². The Morgan fingerprint density at radius 1 is 1.03 bits per heavy atom. The number of carbonyl (C=O) groups is 1. The lowest BCUT2D eigenvalue weighted by Gasteiger charge is -2.14. The number of aromatic nitrogens is 5. The lowest BCUT2D eigenvalue weighted by Crippen LogP contribution is -2.12. The first-order valence-electron chi connectivity index (χ1n) is 10.8. The molecule has 1 aliphatic rings. The first-order valence-corrected chi connectivity index (χ1v) is 10.8. The van der Waals surface area contributed by atoms with Crippen LogP contribution in [-0.4, -0.2) is 36.5 Å². The zero-order valence-electron chi connectivity index (χ0n) is 18.4. The Labute approximate surface area is 191 Å². The maximum absolute atomic E-state index is 12.6. The van der Waals surface area contributed by atoms with Crippen LogP contribution < -0.4 is 16.0 Å². The molecule has 3 N–H and O–H groups in total. The monoisotopic (exact) mass is 440 g/mol. The number of aryl methyl sites for hydroxylation is 2. The molecule has 1 aliphatic carbocycles. The Morgan fingerprint density at radius 3 is 2.70 bits per heavy atom. The van der Waals surface area contributed by atoms with Crippen LogP contribution in [0.4, 0.5) is 23.1 Å². The maximum Gasteiger partial charge on any atom is 0.257 e. The van der Waals surface area contributed by atoms with Crippen molar-refractivity contribution in [1.82, 2.24) is 24.5 Å². The summed E-state index contributed by atoms with van der Waals surface area (Å²) in [6.07, 6.45) is 9.02. The number of hydrogen-bond acceptors (Lipinski definition) is 7. The van der Waals surface area contributed by atoms with Crippen molar-refractivity contribution in [2.75, 3.05) is 16.0 Å². The number of benzene rings is 1. The predicted molar refractivity (Wildman–Crippen MR) is 127 cm³/mol. The highest BCUT2D eigenvalue weighted by atomic mass is 16.1. The van der Waals surface area contributed by atoms with E-state index in [-0.39, 0.29) is 5.91 Å². The number of nitrogens with zero attached hydrogens (tertiary/aromatic N) is 5. The highest BCUT2D eigenvalue weighted by Gasteiger charge is 2.21. The molecule has 0 atom stereocenters. The van der Waals surface area contributed by atoms with Crippen LogP contribution in [-0.2, 0) is 0 Å². The Morgan fingerprint density at radius 2 is 1.91 bits per heavy atom. The molecule has 5 rings (SSSR count). The average Bonchev–Trinajstić information content (AvgIpc) is 3.51. The van der Waals surface area contributed by atoms with E-state index in [0.717, 1.165) is 22.8 Å². The van der Waals surface area contributed by atoms with Gasteiger partial charge in [-0.2, -0.15) is 0 Å². The Balaban J connectivity index is 1.35. The van der Waals surface area contributed by atoms with Gasteiger partial charge in [0.2, 0.25) is 5.95 Å². The van der Waals surface area contributed by atoms with Gasteiger partial charge in [-0.15, -0.1) is 0 Å². The van der Waals surface area contributed by atoms with Crippen molar-refractivity contribution in [2.45, 2.75) is 32.7 Å². The summed E-state index contributed by atoms with van der Waals surface area (Å²) >= 11 is 0. The molecule has 9 nitrogen and oxygen atoms in total. The van der Waals surface area contributed by atoms with Gasteiger partial charge in [0.15, 0.2) is 0 Å². The number of anilines is 4. The lowest BCUT2D eigenvalue weighted by atomic mass is 10.1. The van der Waals surface area contributed by atoms with Crippen LogP contribution in [0.25, 0.3) is 5.82 Å². The van der Waals surface area contributed by atoms with Crippen molar-refractivity contribution >= 4 is 29.0 Å². The molecule has 1 saturated carbocycles. The molecule has 0 unspecified atom stereocenters. The van der Waals surface area contributed by atoms with Crippen LogP contribution in [0.2, 0.25) is 0 Å². The van der Waals surface area contributed by atoms with Crippen molar-refractivity contribution in [1.29, 1.82) is 0 Å². The molecule has 0 spiro atoms. The fourth-order valence-electron chi connectivity index (χ4n) is 3.34. The van der Waals surface area contributed by atoms with Gasteiger partial charge in [-0.25, -0.2) is 15.0 Å². The van der Waals surface area contributed by atoms with Gasteiger partial charge < -0.3 is 16.0 Å². The van der Waals surface area contributed by atoms with Crippen LogP contribution in [0.1, 0.15) is 34.5 Å². The maximum atomic E-state index is 12.6. The summed E-state index contributed by atoms with van der Waals surface area (Å²) in [6.45, 7) is 3.88. The molecule has 1 amide bonds. The van der Waals surface area contributed by atoms with E-state index in [2.05, 4.69) is 35.9 Å².